The molecular formula is C16H14BrClN2O. The van der Waals surface area contributed by atoms with Gasteiger partial charge in [-0.05, 0) is 42.5 Å². The molecule has 0 saturated carbocycles. The minimum Gasteiger partial charge on any atom is -0.497 e. The van der Waals surface area contributed by atoms with Crippen LogP contribution in [-0.2, 0) is 6.42 Å². The maximum Gasteiger partial charge on any atom is 0.119 e. The van der Waals surface area contributed by atoms with E-state index in [9.17, 15) is 0 Å². The second kappa shape index (κ2) is 6.08. The first-order valence-electron chi connectivity index (χ1n) is 6.60. The van der Waals surface area contributed by atoms with Gasteiger partial charge in [-0.25, -0.2) is 4.98 Å². The SMILES string of the molecule is COc1ccc(-n2c(CCCl)nc3ccc(Br)cc32)cc1. The number of alkyl halides is 1. The van der Waals surface area contributed by atoms with Crippen LogP contribution in [-0.4, -0.2) is 22.5 Å². The monoisotopic (exact) mass is 364 g/mol. The summed E-state index contributed by atoms with van der Waals surface area (Å²) in [4.78, 5) is 4.69. The maximum absolute atomic E-state index is 5.92. The van der Waals surface area contributed by atoms with Crippen molar-refractivity contribution in [3.63, 3.8) is 0 Å². The fourth-order valence-electron chi connectivity index (χ4n) is 2.37. The second-order valence-electron chi connectivity index (χ2n) is 4.63. The second-order valence-corrected chi connectivity index (χ2v) is 5.93. The zero-order valence-electron chi connectivity index (χ0n) is 11.5. The molecule has 3 aromatic rings. The van der Waals surface area contributed by atoms with Crippen LogP contribution in [0.4, 0.5) is 0 Å². The summed E-state index contributed by atoms with van der Waals surface area (Å²) in [5.41, 5.74) is 3.08. The van der Waals surface area contributed by atoms with Crippen molar-refractivity contribution in [1.29, 1.82) is 0 Å². The van der Waals surface area contributed by atoms with E-state index in [1.807, 2.05) is 36.4 Å². The van der Waals surface area contributed by atoms with Crippen LogP contribution in [0, 0.1) is 0 Å². The maximum atomic E-state index is 5.92. The summed E-state index contributed by atoms with van der Waals surface area (Å²) >= 11 is 9.44. The van der Waals surface area contributed by atoms with E-state index >= 15 is 0 Å². The Morgan fingerprint density at radius 2 is 1.95 bits per heavy atom. The molecule has 0 N–H and O–H groups in total. The normalized spacial score (nSPS) is 11.0. The number of ether oxygens (including phenoxy) is 1. The molecule has 0 aliphatic rings. The molecule has 0 aliphatic carbocycles. The van der Waals surface area contributed by atoms with Crippen molar-refractivity contribution in [2.24, 2.45) is 0 Å². The number of fused-ring (bicyclic) bond motifs is 1. The number of hydrogen-bond acceptors (Lipinski definition) is 2. The Kier molecular flexibility index (Phi) is 4.17. The summed E-state index contributed by atoms with van der Waals surface area (Å²) in [6.45, 7) is 0. The summed E-state index contributed by atoms with van der Waals surface area (Å²) in [7, 11) is 1.66. The number of methoxy groups -OCH3 is 1. The Labute approximate surface area is 136 Å². The third-order valence-electron chi connectivity index (χ3n) is 3.33. The molecule has 0 fully saturated rings. The Morgan fingerprint density at radius 1 is 1.19 bits per heavy atom. The quantitative estimate of drug-likeness (QED) is 0.633. The molecule has 2 aromatic carbocycles. The van der Waals surface area contributed by atoms with Crippen LogP contribution in [0.15, 0.2) is 46.9 Å². The first-order chi connectivity index (χ1) is 10.2. The Morgan fingerprint density at radius 3 is 2.62 bits per heavy atom. The van der Waals surface area contributed by atoms with Gasteiger partial charge in [-0.15, -0.1) is 11.6 Å². The first kappa shape index (κ1) is 14.4. The van der Waals surface area contributed by atoms with Crippen LogP contribution >= 0.6 is 27.5 Å². The number of nitrogens with zero attached hydrogens (tertiary/aromatic N) is 2. The topological polar surface area (TPSA) is 27.1 Å². The molecule has 3 rings (SSSR count). The van der Waals surface area contributed by atoms with Crippen LogP contribution in [0.3, 0.4) is 0 Å². The Bertz CT molecular complexity index is 768. The van der Waals surface area contributed by atoms with Gasteiger partial charge >= 0.3 is 0 Å². The average molecular weight is 366 g/mol. The van der Waals surface area contributed by atoms with Gasteiger partial charge in [0.05, 0.1) is 18.1 Å². The van der Waals surface area contributed by atoms with Crippen molar-refractivity contribution in [3.8, 4) is 11.4 Å². The molecule has 1 heterocycles. The highest BCUT2D eigenvalue weighted by Crippen LogP contribution is 2.26. The van der Waals surface area contributed by atoms with Crippen LogP contribution in [0.1, 0.15) is 5.82 Å². The Balaban J connectivity index is 2.21. The van der Waals surface area contributed by atoms with E-state index in [1.165, 1.54) is 0 Å². The van der Waals surface area contributed by atoms with Gasteiger partial charge in [-0.2, -0.15) is 0 Å². The number of halogens is 2. The molecule has 0 spiro atoms. The molecule has 0 saturated heterocycles. The first-order valence-corrected chi connectivity index (χ1v) is 7.93. The zero-order valence-corrected chi connectivity index (χ0v) is 13.9. The molecule has 108 valence electrons. The molecule has 0 aliphatic heterocycles. The summed E-state index contributed by atoms with van der Waals surface area (Å²) in [6.07, 6.45) is 0.722. The van der Waals surface area contributed by atoms with Crippen LogP contribution < -0.4 is 4.74 Å². The minimum absolute atomic E-state index is 0.542. The molecule has 0 bridgehead atoms. The molecule has 0 amide bonds. The van der Waals surface area contributed by atoms with E-state index in [4.69, 9.17) is 16.3 Å². The van der Waals surface area contributed by atoms with Gasteiger partial charge in [0.2, 0.25) is 0 Å². The number of benzene rings is 2. The van der Waals surface area contributed by atoms with Gasteiger partial charge in [0.15, 0.2) is 0 Å². The van der Waals surface area contributed by atoms with Crippen LogP contribution in [0.25, 0.3) is 16.7 Å². The van der Waals surface area contributed by atoms with Gasteiger partial charge in [-0.3, -0.25) is 4.57 Å². The van der Waals surface area contributed by atoms with E-state index in [-0.39, 0.29) is 0 Å². The van der Waals surface area contributed by atoms with Crippen LogP contribution in [0.2, 0.25) is 0 Å². The van der Waals surface area contributed by atoms with Crippen molar-refractivity contribution in [1.82, 2.24) is 9.55 Å². The van der Waals surface area contributed by atoms with E-state index in [0.29, 0.717) is 5.88 Å². The third-order valence-corrected chi connectivity index (χ3v) is 4.02. The lowest BCUT2D eigenvalue weighted by Gasteiger charge is -2.09. The standard InChI is InChI=1S/C16H14BrClN2O/c1-21-13-5-3-12(4-6-13)20-15-10-11(17)2-7-14(15)19-16(20)8-9-18/h2-7,10H,8-9H2,1H3. The van der Waals surface area contributed by atoms with Gasteiger partial charge in [0.25, 0.3) is 0 Å². The lowest BCUT2D eigenvalue weighted by molar-refractivity contribution is 0.414. The van der Waals surface area contributed by atoms with Crippen molar-refractivity contribution in [2.45, 2.75) is 6.42 Å². The minimum atomic E-state index is 0.542. The summed E-state index contributed by atoms with van der Waals surface area (Å²) in [5, 5.41) is 0. The van der Waals surface area contributed by atoms with Crippen molar-refractivity contribution in [3.05, 3.63) is 52.8 Å². The number of rotatable bonds is 4. The van der Waals surface area contributed by atoms with Crippen molar-refractivity contribution in [2.75, 3.05) is 13.0 Å². The van der Waals surface area contributed by atoms with Gasteiger partial charge in [0.1, 0.15) is 11.6 Å². The van der Waals surface area contributed by atoms with E-state index in [1.54, 1.807) is 7.11 Å². The highest BCUT2D eigenvalue weighted by Gasteiger charge is 2.12. The number of hydrogen-bond donors (Lipinski definition) is 0. The van der Waals surface area contributed by atoms with Crippen LogP contribution in [0.5, 0.6) is 5.75 Å². The van der Waals surface area contributed by atoms with Crippen molar-refractivity contribution < 1.29 is 4.74 Å². The summed E-state index contributed by atoms with van der Waals surface area (Å²) in [6, 6.07) is 14.0. The molecule has 21 heavy (non-hydrogen) atoms. The number of aromatic nitrogens is 2. The van der Waals surface area contributed by atoms with Gasteiger partial charge in [0, 0.05) is 22.5 Å². The smallest absolute Gasteiger partial charge is 0.119 e. The fraction of sp³-hybridized carbons (Fsp3) is 0.188. The lowest BCUT2D eigenvalue weighted by Crippen LogP contribution is -2.02. The number of aryl methyl sites for hydroxylation is 1. The summed E-state index contributed by atoms with van der Waals surface area (Å²) < 4.78 is 8.39. The van der Waals surface area contributed by atoms with Gasteiger partial charge in [-0.1, -0.05) is 15.9 Å². The third kappa shape index (κ3) is 2.78. The van der Waals surface area contributed by atoms with Gasteiger partial charge < -0.3 is 4.74 Å². The molecule has 0 unspecified atom stereocenters. The fourth-order valence-corrected chi connectivity index (χ4v) is 2.89. The van der Waals surface area contributed by atoms with E-state index < -0.39 is 0 Å². The van der Waals surface area contributed by atoms with E-state index in [0.717, 1.165) is 39.2 Å². The van der Waals surface area contributed by atoms with Crippen molar-refractivity contribution >= 4 is 38.6 Å². The number of imidazole rings is 1. The molecule has 3 nitrogen and oxygen atoms in total. The largest absolute Gasteiger partial charge is 0.497 e. The highest BCUT2D eigenvalue weighted by atomic mass is 79.9. The molecule has 0 radical (unpaired) electrons. The molecule has 1 aromatic heterocycles. The average Bonchev–Trinajstić information content (AvgIpc) is 2.85. The molecule has 0 atom stereocenters. The Hall–Kier alpha value is -1.52. The summed E-state index contributed by atoms with van der Waals surface area (Å²) in [5.74, 6) is 2.34. The predicted molar refractivity (Wildman–Crippen MR) is 89.7 cm³/mol. The zero-order chi connectivity index (χ0) is 14.8. The highest BCUT2D eigenvalue weighted by molar-refractivity contribution is 9.10. The lowest BCUT2D eigenvalue weighted by atomic mass is 10.2. The predicted octanol–water partition coefficient (Wildman–Crippen LogP) is 4.58. The molecule has 5 heteroatoms. The van der Waals surface area contributed by atoms with E-state index in [2.05, 4.69) is 31.5 Å². The molecular weight excluding hydrogens is 352 g/mol.